The average Bonchev–Trinajstić information content (AvgIpc) is 3.21. The first-order chi connectivity index (χ1) is 14.7. The molecule has 0 unspecified atom stereocenters. The molecule has 31 heavy (non-hydrogen) atoms. The molecule has 2 heterocycles. The first-order valence-electron chi connectivity index (χ1n) is 10.9. The third kappa shape index (κ3) is 5.97. The fraction of sp³-hybridized carbons (Fsp3) is 0.609. The lowest BCUT2D eigenvalue weighted by atomic mass is 9.93. The topological polar surface area (TPSA) is 102 Å². The van der Waals surface area contributed by atoms with Crippen molar-refractivity contribution in [2.75, 3.05) is 13.1 Å². The normalized spacial score (nSPS) is 24.1. The van der Waals surface area contributed by atoms with E-state index in [0.29, 0.717) is 32.4 Å². The van der Waals surface area contributed by atoms with Crippen LogP contribution in [0, 0.1) is 5.92 Å². The number of hydrogen-bond acceptors (Lipinski definition) is 6. The van der Waals surface area contributed by atoms with Crippen molar-refractivity contribution in [3.05, 3.63) is 35.9 Å². The first-order valence-corrected chi connectivity index (χ1v) is 10.9. The molecule has 2 amide bonds. The smallest absolute Gasteiger partial charge is 0.410 e. The lowest BCUT2D eigenvalue weighted by molar-refractivity contribution is -0.164. The highest BCUT2D eigenvalue weighted by molar-refractivity contribution is 5.87. The average molecular weight is 432 g/mol. The van der Waals surface area contributed by atoms with E-state index in [-0.39, 0.29) is 24.4 Å². The van der Waals surface area contributed by atoms with E-state index in [1.165, 1.54) is 4.90 Å². The van der Waals surface area contributed by atoms with Crippen molar-refractivity contribution >= 4 is 18.0 Å². The molecule has 3 atom stereocenters. The summed E-state index contributed by atoms with van der Waals surface area (Å²) in [5.41, 5.74) is 6.59. The number of nitrogens with two attached hydrogens (primary N) is 1. The Bertz CT molecular complexity index is 792. The van der Waals surface area contributed by atoms with Crippen molar-refractivity contribution < 1.29 is 23.9 Å². The molecule has 2 aliphatic rings. The van der Waals surface area contributed by atoms with Gasteiger partial charge in [0.25, 0.3) is 0 Å². The van der Waals surface area contributed by atoms with Gasteiger partial charge >= 0.3 is 12.1 Å². The number of nitrogens with zero attached hydrogens (tertiary/aromatic N) is 2. The standard InChI is InChI=1S/C23H33N3O5/c1-23(2,3)31-21(28)17-11-13-26(19(24)14-17)20(27)18-10-7-12-25(18)22(29)30-15-16-8-5-4-6-9-16/h4-6,8-9,17-19H,7,10-15,24H2,1-3H3/t17-,18+,19-/m1/s1. The van der Waals surface area contributed by atoms with Gasteiger partial charge in [0, 0.05) is 13.1 Å². The fourth-order valence-electron chi connectivity index (χ4n) is 4.11. The maximum atomic E-state index is 13.2. The maximum Gasteiger partial charge on any atom is 0.410 e. The number of amides is 2. The van der Waals surface area contributed by atoms with Gasteiger partial charge in [0.05, 0.1) is 12.1 Å². The highest BCUT2D eigenvalue weighted by Gasteiger charge is 2.41. The molecular weight excluding hydrogens is 398 g/mol. The Hall–Kier alpha value is -2.61. The highest BCUT2D eigenvalue weighted by Crippen LogP contribution is 2.27. The summed E-state index contributed by atoms with van der Waals surface area (Å²) < 4.78 is 10.9. The second kappa shape index (κ2) is 9.68. The predicted molar refractivity (Wildman–Crippen MR) is 115 cm³/mol. The lowest BCUT2D eigenvalue weighted by Crippen LogP contribution is -2.57. The molecule has 0 bridgehead atoms. The second-order valence-electron chi connectivity index (χ2n) is 9.25. The van der Waals surface area contributed by atoms with Crippen molar-refractivity contribution in [2.24, 2.45) is 11.7 Å². The van der Waals surface area contributed by atoms with Gasteiger partial charge in [-0.05, 0) is 52.0 Å². The number of carbonyl (C=O) groups excluding carboxylic acids is 3. The molecule has 1 aromatic carbocycles. The molecule has 1 aromatic rings. The van der Waals surface area contributed by atoms with Gasteiger partial charge in [-0.25, -0.2) is 4.79 Å². The Morgan fingerprint density at radius 3 is 2.42 bits per heavy atom. The zero-order valence-corrected chi connectivity index (χ0v) is 18.6. The van der Waals surface area contributed by atoms with Crippen molar-refractivity contribution in [3.63, 3.8) is 0 Å². The maximum absolute atomic E-state index is 13.2. The van der Waals surface area contributed by atoms with Crippen LogP contribution in [0.2, 0.25) is 0 Å². The molecule has 0 aromatic heterocycles. The monoisotopic (exact) mass is 431 g/mol. The Morgan fingerprint density at radius 2 is 1.77 bits per heavy atom. The summed E-state index contributed by atoms with van der Waals surface area (Å²) in [5, 5.41) is 0. The molecule has 0 spiro atoms. The lowest BCUT2D eigenvalue weighted by Gasteiger charge is -2.39. The Kier molecular flexibility index (Phi) is 7.20. The molecule has 2 aliphatic heterocycles. The van der Waals surface area contributed by atoms with Gasteiger partial charge in [-0.15, -0.1) is 0 Å². The Morgan fingerprint density at radius 1 is 1.06 bits per heavy atom. The number of piperidine rings is 1. The minimum absolute atomic E-state index is 0.165. The molecule has 8 nitrogen and oxygen atoms in total. The van der Waals surface area contributed by atoms with Crippen molar-refractivity contribution in [3.8, 4) is 0 Å². The van der Waals surface area contributed by atoms with E-state index in [2.05, 4.69) is 0 Å². The molecular formula is C23H33N3O5. The molecule has 8 heteroatoms. The summed E-state index contributed by atoms with van der Waals surface area (Å²) in [7, 11) is 0. The van der Waals surface area contributed by atoms with Gasteiger partial charge in [-0.3, -0.25) is 14.5 Å². The SMILES string of the molecule is CC(C)(C)OC(=O)[C@@H]1CCN(C(=O)[C@@H]2CCCN2C(=O)OCc2ccccc2)[C@@H](N)C1. The summed E-state index contributed by atoms with van der Waals surface area (Å²) in [5.74, 6) is -0.778. The summed E-state index contributed by atoms with van der Waals surface area (Å²) in [6.45, 7) is 6.50. The van der Waals surface area contributed by atoms with E-state index in [4.69, 9.17) is 15.2 Å². The molecule has 0 aliphatic carbocycles. The minimum Gasteiger partial charge on any atom is -0.460 e. The third-order valence-corrected chi connectivity index (χ3v) is 5.65. The number of esters is 1. The molecule has 0 saturated carbocycles. The quantitative estimate of drug-likeness (QED) is 0.736. The Labute approximate surface area is 183 Å². The van der Waals surface area contributed by atoms with E-state index < -0.39 is 23.9 Å². The number of ether oxygens (including phenoxy) is 2. The van der Waals surface area contributed by atoms with E-state index in [1.54, 1.807) is 4.90 Å². The molecule has 0 radical (unpaired) electrons. The van der Waals surface area contributed by atoms with Gasteiger partial charge in [-0.2, -0.15) is 0 Å². The van der Waals surface area contributed by atoms with Crippen LogP contribution in [-0.4, -0.2) is 58.7 Å². The Balaban J connectivity index is 1.56. The third-order valence-electron chi connectivity index (χ3n) is 5.65. The first kappa shape index (κ1) is 23.1. The van der Waals surface area contributed by atoms with Crippen LogP contribution in [0.3, 0.4) is 0 Å². The highest BCUT2D eigenvalue weighted by atomic mass is 16.6. The zero-order valence-electron chi connectivity index (χ0n) is 18.6. The van der Waals surface area contributed by atoms with Crippen molar-refractivity contribution in [1.29, 1.82) is 0 Å². The molecule has 3 rings (SSSR count). The van der Waals surface area contributed by atoms with E-state index in [0.717, 1.165) is 12.0 Å². The van der Waals surface area contributed by atoms with Crippen LogP contribution in [-0.2, 0) is 25.7 Å². The number of hydrogen-bond donors (Lipinski definition) is 1. The van der Waals surface area contributed by atoms with Crippen LogP contribution in [0.1, 0.15) is 52.0 Å². The van der Waals surface area contributed by atoms with Crippen LogP contribution in [0.4, 0.5) is 4.79 Å². The largest absolute Gasteiger partial charge is 0.460 e. The number of benzene rings is 1. The van der Waals surface area contributed by atoms with Gasteiger partial charge in [0.15, 0.2) is 0 Å². The van der Waals surface area contributed by atoms with Gasteiger partial charge in [0.1, 0.15) is 18.2 Å². The number of rotatable bonds is 4. The predicted octanol–water partition coefficient (Wildman–Crippen LogP) is 2.65. The second-order valence-corrected chi connectivity index (χ2v) is 9.25. The summed E-state index contributed by atoms with van der Waals surface area (Å²) >= 11 is 0. The van der Waals surface area contributed by atoms with Crippen LogP contribution in [0.5, 0.6) is 0 Å². The van der Waals surface area contributed by atoms with E-state index in [1.807, 2.05) is 51.1 Å². The summed E-state index contributed by atoms with van der Waals surface area (Å²) in [4.78, 5) is 41.3. The number of carbonyl (C=O) groups is 3. The van der Waals surface area contributed by atoms with Gasteiger partial charge in [0.2, 0.25) is 5.91 Å². The summed E-state index contributed by atoms with van der Waals surface area (Å²) in [6.07, 6.45) is 1.10. The van der Waals surface area contributed by atoms with Crippen LogP contribution in [0.15, 0.2) is 30.3 Å². The van der Waals surface area contributed by atoms with Gasteiger partial charge < -0.3 is 20.1 Å². The van der Waals surface area contributed by atoms with Crippen molar-refractivity contribution in [1.82, 2.24) is 9.80 Å². The van der Waals surface area contributed by atoms with Crippen molar-refractivity contribution in [2.45, 2.75) is 70.9 Å². The molecule has 2 fully saturated rings. The fourth-order valence-corrected chi connectivity index (χ4v) is 4.11. The molecule has 170 valence electrons. The number of likely N-dealkylation sites (tertiary alicyclic amines) is 2. The van der Waals surface area contributed by atoms with E-state index in [9.17, 15) is 14.4 Å². The van der Waals surface area contributed by atoms with Crippen LogP contribution < -0.4 is 5.73 Å². The van der Waals surface area contributed by atoms with E-state index >= 15 is 0 Å². The van der Waals surface area contributed by atoms with Crippen LogP contribution in [0.25, 0.3) is 0 Å². The van der Waals surface area contributed by atoms with Crippen LogP contribution >= 0.6 is 0 Å². The molecule has 2 saturated heterocycles. The minimum atomic E-state index is -0.582. The zero-order chi connectivity index (χ0) is 22.6. The summed E-state index contributed by atoms with van der Waals surface area (Å²) in [6, 6.07) is 8.85. The van der Waals surface area contributed by atoms with Gasteiger partial charge in [-0.1, -0.05) is 30.3 Å². The molecule has 2 N–H and O–H groups in total.